The quantitative estimate of drug-likeness (QED) is 0.462. The molecule has 0 spiro atoms. The molecule has 4 rings (SSSR count). The zero-order chi connectivity index (χ0) is 21.4. The van der Waals surface area contributed by atoms with Crippen molar-refractivity contribution in [1.29, 1.82) is 5.26 Å². The van der Waals surface area contributed by atoms with Gasteiger partial charge in [-0.25, -0.2) is 0 Å². The molecule has 2 aliphatic heterocycles. The summed E-state index contributed by atoms with van der Waals surface area (Å²) in [6.45, 7) is 6.16. The number of anilines is 1. The number of fused-ring (bicyclic) bond motifs is 2. The largest absolute Gasteiger partial charge is 0.372 e. The Hall–Kier alpha value is -3.05. The number of benzene rings is 2. The molecule has 0 N–H and O–H groups in total. The third-order valence-corrected chi connectivity index (χ3v) is 6.31. The van der Waals surface area contributed by atoms with Crippen molar-refractivity contribution in [2.45, 2.75) is 26.7 Å². The second kappa shape index (κ2) is 8.00. The summed E-state index contributed by atoms with van der Waals surface area (Å²) in [6, 6.07) is 9.46. The highest BCUT2D eigenvalue weighted by molar-refractivity contribution is 9.10. The summed E-state index contributed by atoms with van der Waals surface area (Å²) in [4.78, 5) is 28.6. The van der Waals surface area contributed by atoms with Crippen LogP contribution in [0.4, 0.5) is 17.1 Å². The van der Waals surface area contributed by atoms with Crippen LogP contribution in [0.5, 0.6) is 0 Å². The van der Waals surface area contributed by atoms with Crippen LogP contribution < -0.4 is 4.90 Å². The van der Waals surface area contributed by atoms with E-state index < -0.39 is 11.8 Å². The van der Waals surface area contributed by atoms with Crippen molar-refractivity contribution in [3.05, 3.63) is 51.0 Å². The lowest BCUT2D eigenvalue weighted by atomic mass is 10.0. The number of halogens is 1. The zero-order valence-corrected chi connectivity index (χ0v) is 18.4. The highest BCUT2D eigenvalue weighted by Gasteiger charge is 2.38. The maximum atomic E-state index is 12.6. The summed E-state index contributed by atoms with van der Waals surface area (Å²) in [5.41, 5.74) is 4.04. The maximum Gasteiger partial charge on any atom is 0.262 e. The normalized spacial score (nSPS) is 15.5. The van der Waals surface area contributed by atoms with E-state index in [1.54, 1.807) is 6.92 Å². The van der Waals surface area contributed by atoms with Gasteiger partial charge in [0.25, 0.3) is 11.8 Å². The van der Waals surface area contributed by atoms with Gasteiger partial charge in [0.15, 0.2) is 0 Å². The third-order valence-electron chi connectivity index (χ3n) is 5.54. The Labute approximate surface area is 183 Å². The Morgan fingerprint density at radius 3 is 2.63 bits per heavy atom. The molecule has 7 nitrogen and oxygen atoms in total. The van der Waals surface area contributed by atoms with E-state index in [0.717, 1.165) is 30.8 Å². The molecule has 0 saturated heterocycles. The molecule has 0 aromatic heterocycles. The molecule has 2 aliphatic rings. The summed E-state index contributed by atoms with van der Waals surface area (Å²) in [5, 5.41) is 18.2. The number of imide groups is 1. The minimum Gasteiger partial charge on any atom is -0.372 e. The lowest BCUT2D eigenvalue weighted by molar-refractivity contribution is 0.0662. The Balaban J connectivity index is 1.74. The van der Waals surface area contributed by atoms with Crippen LogP contribution >= 0.6 is 15.9 Å². The van der Waals surface area contributed by atoms with Crippen LogP contribution in [0.25, 0.3) is 0 Å². The van der Waals surface area contributed by atoms with Gasteiger partial charge in [0.1, 0.15) is 11.8 Å². The average molecular weight is 466 g/mol. The molecule has 0 aliphatic carbocycles. The minimum absolute atomic E-state index is 0.193. The molecular formula is C22H20BrN5O2. The lowest BCUT2D eigenvalue weighted by Gasteiger charge is -2.30. The standard InChI is InChI=1S/C22H20BrN5O2/c1-3-27-9-5-6-13-10-15(7-8-17(13)27)25-26-20-14(12-24)11-16-18(19(20)23)22(30)28(4-2)21(16)29/h7-8,10-11H,3-6,9H2,1-2H3. The zero-order valence-electron chi connectivity index (χ0n) is 16.8. The molecule has 2 heterocycles. The molecule has 2 aromatic rings. The van der Waals surface area contributed by atoms with E-state index in [4.69, 9.17) is 0 Å². The number of azo groups is 1. The van der Waals surface area contributed by atoms with E-state index in [-0.39, 0.29) is 28.9 Å². The van der Waals surface area contributed by atoms with Crippen LogP contribution in [0.15, 0.2) is 39.0 Å². The SMILES string of the molecule is CCN1C(=O)c2cc(C#N)c(N=Nc3ccc4c(c3)CCCN4CC)c(Br)c2C1=O. The van der Waals surface area contributed by atoms with Gasteiger partial charge in [-0.1, -0.05) is 0 Å². The van der Waals surface area contributed by atoms with Gasteiger partial charge >= 0.3 is 0 Å². The predicted octanol–water partition coefficient (Wildman–Crippen LogP) is 5.12. The number of hydrogen-bond donors (Lipinski definition) is 0. The van der Waals surface area contributed by atoms with Gasteiger partial charge in [-0.2, -0.15) is 10.4 Å². The molecule has 2 aromatic carbocycles. The van der Waals surface area contributed by atoms with Gasteiger partial charge < -0.3 is 4.90 Å². The van der Waals surface area contributed by atoms with Crippen LogP contribution in [0.3, 0.4) is 0 Å². The smallest absolute Gasteiger partial charge is 0.262 e. The van der Waals surface area contributed by atoms with Gasteiger partial charge in [-0.05, 0) is 72.4 Å². The number of nitriles is 1. The molecule has 0 atom stereocenters. The summed E-state index contributed by atoms with van der Waals surface area (Å²) in [5.74, 6) is -0.785. The molecular weight excluding hydrogens is 446 g/mol. The van der Waals surface area contributed by atoms with Crippen molar-refractivity contribution in [2.24, 2.45) is 10.2 Å². The van der Waals surface area contributed by atoms with E-state index in [2.05, 4.69) is 50.1 Å². The number of aryl methyl sites for hydroxylation is 1. The van der Waals surface area contributed by atoms with Gasteiger partial charge in [0.05, 0.1) is 26.9 Å². The maximum absolute atomic E-state index is 12.6. The van der Waals surface area contributed by atoms with Gasteiger partial charge in [-0.15, -0.1) is 5.11 Å². The first-order chi connectivity index (χ1) is 14.5. The Morgan fingerprint density at radius 2 is 1.93 bits per heavy atom. The Bertz CT molecular complexity index is 1140. The predicted molar refractivity (Wildman–Crippen MR) is 117 cm³/mol. The molecule has 0 saturated carbocycles. The van der Waals surface area contributed by atoms with Gasteiger partial charge in [0, 0.05) is 25.3 Å². The van der Waals surface area contributed by atoms with Crippen LogP contribution in [-0.4, -0.2) is 36.3 Å². The van der Waals surface area contributed by atoms with E-state index in [0.29, 0.717) is 10.2 Å². The fraction of sp³-hybridized carbons (Fsp3) is 0.318. The van der Waals surface area contributed by atoms with Crippen molar-refractivity contribution < 1.29 is 9.59 Å². The summed E-state index contributed by atoms with van der Waals surface area (Å²) in [6.07, 6.45) is 2.09. The van der Waals surface area contributed by atoms with Crippen molar-refractivity contribution in [3.63, 3.8) is 0 Å². The number of carbonyl (C=O) groups excluding carboxylic acids is 2. The topological polar surface area (TPSA) is 89.1 Å². The van der Waals surface area contributed by atoms with Crippen molar-refractivity contribution >= 4 is 44.8 Å². The first kappa shape index (κ1) is 20.2. The van der Waals surface area contributed by atoms with Crippen molar-refractivity contribution in [2.75, 3.05) is 24.5 Å². The number of carbonyl (C=O) groups is 2. The summed E-state index contributed by atoms with van der Waals surface area (Å²) >= 11 is 3.39. The minimum atomic E-state index is -0.395. The average Bonchev–Trinajstić information content (AvgIpc) is 3.01. The molecule has 0 unspecified atom stereocenters. The monoisotopic (exact) mass is 465 g/mol. The van der Waals surface area contributed by atoms with Crippen molar-refractivity contribution in [1.82, 2.24) is 4.90 Å². The highest BCUT2D eigenvalue weighted by atomic mass is 79.9. The van der Waals surface area contributed by atoms with E-state index in [9.17, 15) is 14.9 Å². The second-order valence-corrected chi connectivity index (χ2v) is 7.96. The third kappa shape index (κ3) is 3.19. The molecule has 0 bridgehead atoms. The van der Waals surface area contributed by atoms with Crippen molar-refractivity contribution in [3.8, 4) is 6.07 Å². The van der Waals surface area contributed by atoms with Gasteiger partial charge in [-0.3, -0.25) is 14.5 Å². The molecule has 0 radical (unpaired) electrons. The molecule has 0 fully saturated rings. The molecule has 2 amide bonds. The molecule has 152 valence electrons. The summed E-state index contributed by atoms with van der Waals surface area (Å²) in [7, 11) is 0. The number of nitrogens with zero attached hydrogens (tertiary/aromatic N) is 5. The molecule has 30 heavy (non-hydrogen) atoms. The number of hydrogen-bond acceptors (Lipinski definition) is 6. The lowest BCUT2D eigenvalue weighted by Crippen LogP contribution is -2.29. The van der Waals surface area contributed by atoms with E-state index in [1.165, 1.54) is 17.3 Å². The summed E-state index contributed by atoms with van der Waals surface area (Å²) < 4.78 is 0.324. The van der Waals surface area contributed by atoms with E-state index in [1.807, 2.05) is 12.1 Å². The fourth-order valence-corrected chi connectivity index (χ4v) is 4.70. The second-order valence-electron chi connectivity index (χ2n) is 7.17. The number of rotatable bonds is 4. The highest BCUT2D eigenvalue weighted by Crippen LogP contribution is 2.40. The first-order valence-electron chi connectivity index (χ1n) is 9.92. The van der Waals surface area contributed by atoms with Crippen LogP contribution in [-0.2, 0) is 6.42 Å². The Kier molecular flexibility index (Phi) is 5.39. The van der Waals surface area contributed by atoms with Gasteiger partial charge in [0.2, 0.25) is 0 Å². The fourth-order valence-electron chi connectivity index (χ4n) is 4.02. The number of amides is 2. The van der Waals surface area contributed by atoms with E-state index >= 15 is 0 Å². The van der Waals surface area contributed by atoms with Crippen LogP contribution in [0, 0.1) is 11.3 Å². The first-order valence-corrected chi connectivity index (χ1v) is 10.7. The Morgan fingerprint density at radius 1 is 1.13 bits per heavy atom. The van der Waals surface area contributed by atoms with Crippen LogP contribution in [0.1, 0.15) is 52.1 Å². The van der Waals surface area contributed by atoms with Crippen LogP contribution in [0.2, 0.25) is 0 Å². The molecule has 8 heteroatoms.